The molecule has 1 aliphatic heterocycles. The first-order valence-corrected chi connectivity index (χ1v) is 7.73. The lowest BCUT2D eigenvalue weighted by Crippen LogP contribution is -2.48. The highest BCUT2D eigenvalue weighted by Crippen LogP contribution is 2.16. The maximum Gasteiger partial charge on any atom is 0.239 e. The van der Waals surface area contributed by atoms with Gasteiger partial charge in [0.05, 0.1) is 6.54 Å². The molecule has 3 rings (SSSR count). The Morgan fingerprint density at radius 1 is 1.26 bits per heavy atom. The van der Waals surface area contributed by atoms with Gasteiger partial charge in [0.2, 0.25) is 5.91 Å². The summed E-state index contributed by atoms with van der Waals surface area (Å²) in [6, 6.07) is 5.83. The summed E-state index contributed by atoms with van der Waals surface area (Å²) >= 11 is 0. The number of piperazine rings is 1. The van der Waals surface area contributed by atoms with E-state index in [2.05, 4.69) is 31.3 Å². The summed E-state index contributed by atoms with van der Waals surface area (Å²) in [5.41, 5.74) is 2.21. The van der Waals surface area contributed by atoms with E-state index in [9.17, 15) is 4.79 Å². The number of hydrogen-bond acceptors (Lipinski definition) is 6. The molecule has 2 aromatic heterocycles. The molecule has 3 heterocycles. The third-order valence-corrected chi connectivity index (χ3v) is 3.88. The maximum absolute atomic E-state index is 12.0. The smallest absolute Gasteiger partial charge is 0.239 e. The van der Waals surface area contributed by atoms with Gasteiger partial charge in [0.25, 0.3) is 0 Å². The van der Waals surface area contributed by atoms with E-state index in [0.717, 1.165) is 31.9 Å². The van der Waals surface area contributed by atoms with E-state index >= 15 is 0 Å². The number of anilines is 2. The van der Waals surface area contributed by atoms with Gasteiger partial charge in [-0.25, -0.2) is 0 Å². The van der Waals surface area contributed by atoms with E-state index in [1.54, 1.807) is 13.0 Å². The van der Waals surface area contributed by atoms with Crippen molar-refractivity contribution in [2.45, 2.75) is 13.8 Å². The van der Waals surface area contributed by atoms with Crippen molar-refractivity contribution in [2.75, 3.05) is 42.9 Å². The number of carbonyl (C=O) groups is 1. The maximum atomic E-state index is 12.0. The molecule has 1 amide bonds. The molecule has 7 heteroatoms. The van der Waals surface area contributed by atoms with Crippen LogP contribution in [0.15, 0.2) is 28.9 Å². The summed E-state index contributed by atoms with van der Waals surface area (Å²) in [5.74, 6) is 1.09. The van der Waals surface area contributed by atoms with Gasteiger partial charge < -0.3 is 14.7 Å². The summed E-state index contributed by atoms with van der Waals surface area (Å²) in [6.45, 7) is 7.67. The Kier molecular flexibility index (Phi) is 4.57. The van der Waals surface area contributed by atoms with Crippen molar-refractivity contribution < 1.29 is 9.32 Å². The lowest BCUT2D eigenvalue weighted by Gasteiger charge is -2.35. The molecule has 122 valence electrons. The van der Waals surface area contributed by atoms with Crippen LogP contribution in [0.25, 0.3) is 0 Å². The summed E-state index contributed by atoms with van der Waals surface area (Å²) < 4.78 is 4.94. The second-order valence-electron chi connectivity index (χ2n) is 5.79. The fourth-order valence-electron chi connectivity index (χ4n) is 2.70. The molecular formula is C16H21N5O2. The highest BCUT2D eigenvalue weighted by Gasteiger charge is 2.19. The molecule has 1 saturated heterocycles. The fraction of sp³-hybridized carbons (Fsp3) is 0.438. The van der Waals surface area contributed by atoms with Crippen LogP contribution in [0.1, 0.15) is 11.5 Å². The van der Waals surface area contributed by atoms with Crippen molar-refractivity contribution in [2.24, 2.45) is 0 Å². The first-order valence-electron chi connectivity index (χ1n) is 7.73. The number of nitrogens with one attached hydrogen (secondary N) is 1. The van der Waals surface area contributed by atoms with Crippen molar-refractivity contribution in [1.29, 1.82) is 0 Å². The van der Waals surface area contributed by atoms with Gasteiger partial charge in [-0.05, 0) is 26.0 Å². The van der Waals surface area contributed by atoms with Crippen molar-refractivity contribution >= 4 is 17.4 Å². The van der Waals surface area contributed by atoms with Gasteiger partial charge in [-0.1, -0.05) is 5.16 Å². The first-order chi connectivity index (χ1) is 11.1. The van der Waals surface area contributed by atoms with E-state index in [4.69, 9.17) is 4.52 Å². The van der Waals surface area contributed by atoms with Crippen LogP contribution in [0, 0.1) is 13.8 Å². The topological polar surface area (TPSA) is 74.5 Å². The van der Waals surface area contributed by atoms with Crippen LogP contribution in [0.4, 0.5) is 11.5 Å². The van der Waals surface area contributed by atoms with Crippen LogP contribution < -0.4 is 10.2 Å². The van der Waals surface area contributed by atoms with Crippen molar-refractivity contribution in [3.8, 4) is 0 Å². The molecular weight excluding hydrogens is 294 g/mol. The number of pyridine rings is 1. The molecule has 0 aromatic carbocycles. The third kappa shape index (κ3) is 4.07. The minimum atomic E-state index is -0.0634. The quantitative estimate of drug-likeness (QED) is 0.920. The molecule has 0 atom stereocenters. The molecule has 1 N–H and O–H groups in total. The van der Waals surface area contributed by atoms with E-state index < -0.39 is 0 Å². The highest BCUT2D eigenvalue weighted by atomic mass is 16.5. The molecule has 0 spiro atoms. The zero-order valence-corrected chi connectivity index (χ0v) is 13.5. The number of nitrogens with zero attached hydrogens (tertiary/aromatic N) is 4. The van der Waals surface area contributed by atoms with Gasteiger partial charge >= 0.3 is 0 Å². The highest BCUT2D eigenvalue weighted by molar-refractivity contribution is 5.91. The average Bonchev–Trinajstić information content (AvgIpc) is 2.93. The van der Waals surface area contributed by atoms with Gasteiger partial charge in [0, 0.05) is 49.8 Å². The summed E-state index contributed by atoms with van der Waals surface area (Å²) in [4.78, 5) is 20.7. The van der Waals surface area contributed by atoms with Gasteiger partial charge in [-0.15, -0.1) is 0 Å². The largest absolute Gasteiger partial charge is 0.369 e. The fourth-order valence-corrected chi connectivity index (χ4v) is 2.70. The predicted molar refractivity (Wildman–Crippen MR) is 87.5 cm³/mol. The van der Waals surface area contributed by atoms with Gasteiger partial charge in [0.15, 0.2) is 5.82 Å². The second-order valence-corrected chi connectivity index (χ2v) is 5.79. The van der Waals surface area contributed by atoms with E-state index in [1.807, 2.05) is 19.2 Å². The van der Waals surface area contributed by atoms with E-state index in [0.29, 0.717) is 18.1 Å². The lowest BCUT2D eigenvalue weighted by atomic mass is 10.2. The van der Waals surface area contributed by atoms with Crippen molar-refractivity contribution in [3.63, 3.8) is 0 Å². The molecule has 2 aromatic rings. The average molecular weight is 315 g/mol. The van der Waals surface area contributed by atoms with Gasteiger partial charge in [-0.3, -0.25) is 14.7 Å². The molecule has 1 aliphatic rings. The number of aryl methyl sites for hydroxylation is 2. The SMILES string of the molecule is Cc1cc(N2CCN(CC(=O)Nc3cc(C)on3)CC2)ccn1. The molecule has 0 radical (unpaired) electrons. The summed E-state index contributed by atoms with van der Waals surface area (Å²) in [7, 11) is 0. The minimum Gasteiger partial charge on any atom is -0.369 e. The van der Waals surface area contributed by atoms with Crippen LogP contribution >= 0.6 is 0 Å². The van der Waals surface area contributed by atoms with Crippen molar-refractivity contribution in [1.82, 2.24) is 15.0 Å². The first kappa shape index (κ1) is 15.5. The Morgan fingerprint density at radius 2 is 2.04 bits per heavy atom. The Balaban J connectivity index is 1.48. The molecule has 1 fully saturated rings. The zero-order valence-electron chi connectivity index (χ0n) is 13.5. The molecule has 0 aliphatic carbocycles. The molecule has 7 nitrogen and oxygen atoms in total. The van der Waals surface area contributed by atoms with Crippen LogP contribution in [0.5, 0.6) is 0 Å². The normalized spacial score (nSPS) is 15.7. The van der Waals surface area contributed by atoms with Crippen LogP contribution in [-0.2, 0) is 4.79 Å². The lowest BCUT2D eigenvalue weighted by molar-refractivity contribution is -0.117. The van der Waals surface area contributed by atoms with Gasteiger partial charge in [-0.2, -0.15) is 0 Å². The Bertz CT molecular complexity index is 677. The number of amides is 1. The van der Waals surface area contributed by atoms with E-state index in [1.165, 1.54) is 5.69 Å². The van der Waals surface area contributed by atoms with Crippen LogP contribution in [0.3, 0.4) is 0 Å². The van der Waals surface area contributed by atoms with E-state index in [-0.39, 0.29) is 5.91 Å². The summed E-state index contributed by atoms with van der Waals surface area (Å²) in [5, 5.41) is 6.52. The molecule has 23 heavy (non-hydrogen) atoms. The Labute approximate surface area is 135 Å². The third-order valence-electron chi connectivity index (χ3n) is 3.88. The second kappa shape index (κ2) is 6.78. The van der Waals surface area contributed by atoms with Crippen molar-refractivity contribution in [3.05, 3.63) is 35.9 Å². The molecule has 0 saturated carbocycles. The monoisotopic (exact) mass is 315 g/mol. The molecule has 0 unspecified atom stereocenters. The standard InChI is InChI=1S/C16H21N5O2/c1-12-9-14(3-4-17-12)21-7-5-20(6-8-21)11-16(22)18-15-10-13(2)23-19-15/h3-4,9-10H,5-8,11H2,1-2H3,(H,18,19,22). The summed E-state index contributed by atoms with van der Waals surface area (Å²) in [6.07, 6.45) is 1.84. The number of carbonyl (C=O) groups excluding carboxylic acids is 1. The van der Waals surface area contributed by atoms with Crippen LogP contribution in [-0.4, -0.2) is 53.7 Å². The van der Waals surface area contributed by atoms with Crippen LogP contribution in [0.2, 0.25) is 0 Å². The Morgan fingerprint density at radius 3 is 2.70 bits per heavy atom. The number of rotatable bonds is 4. The Hall–Kier alpha value is -2.41. The van der Waals surface area contributed by atoms with Gasteiger partial charge in [0.1, 0.15) is 5.76 Å². The number of hydrogen-bond donors (Lipinski definition) is 1. The predicted octanol–water partition coefficient (Wildman–Crippen LogP) is 1.45. The number of aromatic nitrogens is 2. The molecule has 0 bridgehead atoms. The minimum absolute atomic E-state index is 0.0634. The zero-order chi connectivity index (χ0) is 16.2.